The van der Waals surface area contributed by atoms with E-state index in [9.17, 15) is 14.0 Å². The maximum atomic E-state index is 13.6. The van der Waals surface area contributed by atoms with Crippen LogP contribution in [0.4, 0.5) is 4.39 Å². The molecule has 0 spiro atoms. The van der Waals surface area contributed by atoms with Crippen LogP contribution in [-0.2, 0) is 16.1 Å². The first-order valence-corrected chi connectivity index (χ1v) is 11.5. The van der Waals surface area contributed by atoms with Crippen molar-refractivity contribution in [3.05, 3.63) is 63.4 Å². The summed E-state index contributed by atoms with van der Waals surface area (Å²) >= 11 is 12.0. The van der Waals surface area contributed by atoms with Crippen LogP contribution in [0, 0.1) is 18.7 Å². The van der Waals surface area contributed by atoms with Crippen molar-refractivity contribution in [3.63, 3.8) is 0 Å². The van der Waals surface area contributed by atoms with Crippen molar-refractivity contribution in [1.82, 2.24) is 10.2 Å². The number of ether oxygens (including phenoxy) is 1. The molecule has 8 heteroatoms. The van der Waals surface area contributed by atoms with E-state index in [1.165, 1.54) is 6.07 Å². The van der Waals surface area contributed by atoms with Crippen LogP contribution in [0.1, 0.15) is 36.8 Å². The molecule has 1 saturated heterocycles. The zero-order chi connectivity index (χ0) is 23.1. The number of hydrogen-bond acceptors (Lipinski definition) is 3. The number of benzene rings is 2. The second kappa shape index (κ2) is 11.5. The van der Waals surface area contributed by atoms with Crippen LogP contribution in [0.15, 0.2) is 36.4 Å². The zero-order valence-electron chi connectivity index (χ0n) is 18.0. The third-order valence-corrected chi connectivity index (χ3v) is 6.43. The molecule has 0 aromatic heterocycles. The largest absolute Gasteiger partial charge is 0.492 e. The second-order valence-corrected chi connectivity index (χ2v) is 8.75. The molecular weight excluding hydrogens is 454 g/mol. The van der Waals surface area contributed by atoms with E-state index in [0.717, 1.165) is 5.56 Å². The average Bonchev–Trinajstić information content (AvgIpc) is 2.80. The molecule has 5 nitrogen and oxygen atoms in total. The number of piperidine rings is 1. The number of hydrogen-bond donors (Lipinski definition) is 1. The third kappa shape index (κ3) is 6.59. The van der Waals surface area contributed by atoms with Gasteiger partial charge in [0, 0.05) is 32.0 Å². The first-order valence-electron chi connectivity index (χ1n) is 10.7. The van der Waals surface area contributed by atoms with Gasteiger partial charge in [-0.3, -0.25) is 9.59 Å². The fourth-order valence-electron chi connectivity index (χ4n) is 3.63. The lowest BCUT2D eigenvalue weighted by molar-refractivity contribution is -0.135. The second-order valence-electron chi connectivity index (χ2n) is 7.96. The summed E-state index contributed by atoms with van der Waals surface area (Å²) in [5.41, 5.74) is 1.31. The van der Waals surface area contributed by atoms with Gasteiger partial charge in [-0.25, -0.2) is 4.39 Å². The van der Waals surface area contributed by atoms with Crippen molar-refractivity contribution in [2.24, 2.45) is 5.92 Å². The summed E-state index contributed by atoms with van der Waals surface area (Å²) in [5, 5.41) is 3.68. The maximum Gasteiger partial charge on any atom is 0.223 e. The summed E-state index contributed by atoms with van der Waals surface area (Å²) in [6.07, 6.45) is 2.17. The van der Waals surface area contributed by atoms with E-state index in [1.54, 1.807) is 36.1 Å². The summed E-state index contributed by atoms with van der Waals surface area (Å²) in [7, 11) is 0. The van der Waals surface area contributed by atoms with Crippen LogP contribution < -0.4 is 10.1 Å². The van der Waals surface area contributed by atoms with Gasteiger partial charge in [0.25, 0.3) is 0 Å². The summed E-state index contributed by atoms with van der Waals surface area (Å²) in [5.74, 6) is 0.101. The van der Waals surface area contributed by atoms with Gasteiger partial charge >= 0.3 is 0 Å². The summed E-state index contributed by atoms with van der Waals surface area (Å²) < 4.78 is 19.3. The fourth-order valence-corrected chi connectivity index (χ4v) is 3.98. The first-order chi connectivity index (χ1) is 15.3. The molecule has 3 rings (SSSR count). The highest BCUT2D eigenvalue weighted by molar-refractivity contribution is 6.42. The molecule has 2 aromatic carbocycles. The van der Waals surface area contributed by atoms with Gasteiger partial charge in [-0.15, -0.1) is 0 Å². The van der Waals surface area contributed by atoms with Crippen LogP contribution in [-0.4, -0.2) is 36.4 Å². The number of carbonyl (C=O) groups is 2. The lowest BCUT2D eigenvalue weighted by Crippen LogP contribution is -2.42. The van der Waals surface area contributed by atoms with Crippen molar-refractivity contribution in [1.29, 1.82) is 0 Å². The number of amides is 2. The van der Waals surface area contributed by atoms with Crippen LogP contribution in [0.2, 0.25) is 10.0 Å². The van der Waals surface area contributed by atoms with Crippen molar-refractivity contribution in [2.75, 3.05) is 19.7 Å². The average molecular weight is 481 g/mol. The van der Waals surface area contributed by atoms with E-state index in [4.69, 9.17) is 27.9 Å². The molecule has 0 saturated carbocycles. The van der Waals surface area contributed by atoms with Crippen LogP contribution in [0.25, 0.3) is 0 Å². The molecule has 0 aliphatic carbocycles. The van der Waals surface area contributed by atoms with Gasteiger partial charge in [0.05, 0.1) is 11.6 Å². The molecule has 0 bridgehead atoms. The third-order valence-electron chi connectivity index (χ3n) is 5.63. The van der Waals surface area contributed by atoms with Gasteiger partial charge < -0.3 is 15.0 Å². The molecule has 172 valence electrons. The number of aryl methyl sites for hydroxylation is 1. The minimum atomic E-state index is -0.273. The summed E-state index contributed by atoms with van der Waals surface area (Å²) in [4.78, 5) is 26.7. The monoisotopic (exact) mass is 480 g/mol. The Bertz CT molecular complexity index is 962. The van der Waals surface area contributed by atoms with Gasteiger partial charge in [0.2, 0.25) is 11.8 Å². The lowest BCUT2D eigenvalue weighted by Gasteiger charge is -2.31. The number of nitrogens with one attached hydrogen (secondary N) is 1. The van der Waals surface area contributed by atoms with E-state index < -0.39 is 0 Å². The van der Waals surface area contributed by atoms with E-state index in [2.05, 4.69) is 5.32 Å². The molecule has 0 atom stereocenters. The topological polar surface area (TPSA) is 58.6 Å². The number of carbonyl (C=O) groups excluding carboxylic acids is 2. The first kappa shape index (κ1) is 24.3. The number of nitrogens with zero attached hydrogens (tertiary/aromatic N) is 1. The van der Waals surface area contributed by atoms with Crippen LogP contribution >= 0.6 is 23.2 Å². The SMILES string of the molecule is Cc1ccc(CNC(=O)C2CCN(C(=O)CCCOc3cccc(Cl)c3Cl)CC2)cc1F. The number of halogens is 3. The minimum absolute atomic E-state index is 0.0510. The smallest absolute Gasteiger partial charge is 0.223 e. The van der Waals surface area contributed by atoms with E-state index in [-0.39, 0.29) is 23.5 Å². The highest BCUT2D eigenvalue weighted by atomic mass is 35.5. The molecule has 0 unspecified atom stereocenters. The predicted molar refractivity (Wildman–Crippen MR) is 123 cm³/mol. The number of rotatable bonds is 8. The van der Waals surface area contributed by atoms with Gasteiger partial charge in [-0.2, -0.15) is 0 Å². The van der Waals surface area contributed by atoms with Gasteiger partial charge in [0.15, 0.2) is 0 Å². The molecule has 0 radical (unpaired) electrons. The van der Waals surface area contributed by atoms with Gasteiger partial charge in [-0.1, -0.05) is 41.4 Å². The number of likely N-dealkylation sites (tertiary alicyclic amines) is 1. The van der Waals surface area contributed by atoms with Crippen molar-refractivity contribution in [3.8, 4) is 5.75 Å². The molecule has 1 aliphatic rings. The van der Waals surface area contributed by atoms with Gasteiger partial charge in [-0.05, 0) is 55.5 Å². The Hall–Kier alpha value is -2.31. The maximum absolute atomic E-state index is 13.6. The van der Waals surface area contributed by atoms with Crippen molar-refractivity contribution < 1.29 is 18.7 Å². The Kier molecular flexibility index (Phi) is 8.76. The van der Waals surface area contributed by atoms with Crippen LogP contribution in [0.3, 0.4) is 0 Å². The van der Waals surface area contributed by atoms with E-state index in [1.807, 2.05) is 6.07 Å². The Labute approximate surface area is 197 Å². The Morgan fingerprint density at radius 1 is 1.19 bits per heavy atom. The van der Waals surface area contributed by atoms with Crippen molar-refractivity contribution >= 4 is 35.0 Å². The normalized spacial score (nSPS) is 14.3. The molecule has 1 aliphatic heterocycles. The van der Waals surface area contributed by atoms with Crippen molar-refractivity contribution in [2.45, 2.75) is 39.2 Å². The lowest BCUT2D eigenvalue weighted by atomic mass is 9.95. The molecule has 1 fully saturated rings. The van der Waals surface area contributed by atoms with E-state index in [0.29, 0.717) is 73.3 Å². The highest BCUT2D eigenvalue weighted by Crippen LogP contribution is 2.31. The standard InChI is InChI=1S/C24H27Cl2FN2O3/c1-16-7-8-17(14-20(16)27)15-28-24(31)18-9-11-29(12-10-18)22(30)6-3-13-32-21-5-2-4-19(25)23(21)26/h2,4-5,7-8,14,18H,3,6,9-13,15H2,1H3,(H,28,31). The molecule has 2 amide bonds. The molecule has 1 N–H and O–H groups in total. The Balaban J connectivity index is 1.35. The molecule has 32 heavy (non-hydrogen) atoms. The molecular formula is C24H27Cl2FN2O3. The van der Waals surface area contributed by atoms with Crippen LogP contribution in [0.5, 0.6) is 5.75 Å². The summed E-state index contributed by atoms with van der Waals surface area (Å²) in [6, 6.07) is 10.1. The van der Waals surface area contributed by atoms with E-state index >= 15 is 0 Å². The molecule has 1 heterocycles. The summed E-state index contributed by atoms with van der Waals surface area (Å²) in [6.45, 7) is 3.47. The zero-order valence-corrected chi connectivity index (χ0v) is 19.5. The highest BCUT2D eigenvalue weighted by Gasteiger charge is 2.27. The fraction of sp³-hybridized carbons (Fsp3) is 0.417. The Morgan fingerprint density at radius 3 is 2.66 bits per heavy atom. The predicted octanol–water partition coefficient (Wildman–Crippen LogP) is 5.15. The quantitative estimate of drug-likeness (QED) is 0.531. The Morgan fingerprint density at radius 2 is 1.94 bits per heavy atom. The molecule has 2 aromatic rings. The van der Waals surface area contributed by atoms with Gasteiger partial charge in [0.1, 0.15) is 16.6 Å². The minimum Gasteiger partial charge on any atom is -0.492 e.